The molecule has 5 aromatic rings. The van der Waals surface area contributed by atoms with E-state index >= 15 is 0 Å². The highest BCUT2D eigenvalue weighted by molar-refractivity contribution is 7.22. The van der Waals surface area contributed by atoms with Crippen LogP contribution in [-0.4, -0.2) is 80.3 Å². The number of para-hydroxylation sites is 1. The van der Waals surface area contributed by atoms with Gasteiger partial charge in [0.05, 0.1) is 35.2 Å². The number of hydrogen-bond acceptors (Lipinski definition) is 10. The number of benzene rings is 2. The summed E-state index contributed by atoms with van der Waals surface area (Å²) in [6.07, 6.45) is 9.08. The molecule has 10 rings (SSSR count). The molecule has 0 saturated heterocycles. The van der Waals surface area contributed by atoms with Crippen LogP contribution in [-0.2, 0) is 24.2 Å². The fraction of sp³-hybridized carbons (Fsp3) is 0.477. The molecule has 57 heavy (non-hydrogen) atoms. The first kappa shape index (κ1) is 37.9. The first-order valence-corrected chi connectivity index (χ1v) is 20.9. The second-order valence-electron chi connectivity index (χ2n) is 17.9. The number of fused-ring (bicyclic) bond motifs is 2. The third kappa shape index (κ3) is 7.13. The summed E-state index contributed by atoms with van der Waals surface area (Å²) in [6.45, 7) is 10.8. The molecule has 298 valence electrons. The van der Waals surface area contributed by atoms with Gasteiger partial charge in [-0.3, -0.25) is 14.8 Å². The van der Waals surface area contributed by atoms with Crippen molar-refractivity contribution in [2.75, 3.05) is 43.1 Å². The molecule has 4 saturated carbocycles. The lowest BCUT2D eigenvalue weighted by Crippen LogP contribution is -2.64. The Bertz CT molecular complexity index is 2320. The number of carbonyl (C=O) groups excluding carboxylic acids is 1. The van der Waals surface area contributed by atoms with E-state index in [1.807, 2.05) is 55.5 Å². The Morgan fingerprint density at radius 1 is 0.930 bits per heavy atom. The summed E-state index contributed by atoms with van der Waals surface area (Å²) in [5.74, 6) is -0.761. The van der Waals surface area contributed by atoms with Crippen molar-refractivity contribution in [2.24, 2.45) is 16.2 Å². The van der Waals surface area contributed by atoms with Crippen LogP contribution in [0.15, 0.2) is 60.8 Å². The Balaban J connectivity index is 0.947. The van der Waals surface area contributed by atoms with Crippen molar-refractivity contribution in [1.29, 1.82) is 0 Å². The SMILES string of the molecule is Cc1c(-c2ccc(N3CCc4cccc(C(=O)Nc5nc6ccccc6s5)c4C3)nc2C(=O)O)cnn1CC12CC3(C)CC(C)(C1)CC(OCCNCCO)(C3)C2. The summed E-state index contributed by atoms with van der Waals surface area (Å²) in [4.78, 5) is 37.9. The molecule has 5 aliphatic rings. The van der Waals surface area contributed by atoms with E-state index in [0.29, 0.717) is 54.7 Å². The van der Waals surface area contributed by atoms with E-state index in [9.17, 15) is 19.8 Å². The van der Waals surface area contributed by atoms with E-state index < -0.39 is 5.97 Å². The van der Waals surface area contributed by atoms with E-state index in [1.54, 1.807) is 6.20 Å². The predicted octanol–water partition coefficient (Wildman–Crippen LogP) is 7.09. The molecule has 4 aliphatic carbocycles. The smallest absolute Gasteiger partial charge is 0.355 e. The molecule has 4 N–H and O–H groups in total. The fourth-order valence-electron chi connectivity index (χ4n) is 12.0. The number of aromatic carboxylic acids is 1. The van der Waals surface area contributed by atoms with Gasteiger partial charge in [0, 0.05) is 55.1 Å². The van der Waals surface area contributed by atoms with Gasteiger partial charge in [-0.25, -0.2) is 14.8 Å². The van der Waals surface area contributed by atoms with Crippen LogP contribution in [0, 0.1) is 23.2 Å². The van der Waals surface area contributed by atoms with Gasteiger partial charge in [0.25, 0.3) is 5.91 Å². The number of nitrogens with one attached hydrogen (secondary N) is 2. The van der Waals surface area contributed by atoms with E-state index in [-0.39, 0.29) is 40.1 Å². The quantitative estimate of drug-likeness (QED) is 0.0909. The summed E-state index contributed by atoms with van der Waals surface area (Å²) in [5, 5.41) is 31.4. The average molecular weight is 790 g/mol. The van der Waals surface area contributed by atoms with E-state index in [4.69, 9.17) is 14.8 Å². The fourth-order valence-corrected chi connectivity index (χ4v) is 12.8. The highest BCUT2D eigenvalue weighted by Crippen LogP contribution is 2.72. The summed E-state index contributed by atoms with van der Waals surface area (Å²) >= 11 is 1.44. The molecule has 1 aliphatic heterocycles. The Morgan fingerprint density at radius 2 is 1.74 bits per heavy atom. The van der Waals surface area contributed by atoms with Gasteiger partial charge in [0.1, 0.15) is 5.82 Å². The molecule has 4 heterocycles. The van der Waals surface area contributed by atoms with Crippen LogP contribution in [0.5, 0.6) is 0 Å². The Kier molecular flexibility index (Phi) is 9.50. The molecule has 1 amide bonds. The van der Waals surface area contributed by atoms with Crippen LogP contribution < -0.4 is 15.5 Å². The molecule has 12 nitrogen and oxygen atoms in total. The van der Waals surface area contributed by atoms with Crippen molar-refractivity contribution < 1.29 is 24.5 Å². The molecule has 4 bridgehead atoms. The molecule has 13 heteroatoms. The molecule has 3 aromatic heterocycles. The van der Waals surface area contributed by atoms with Crippen molar-refractivity contribution >= 4 is 44.4 Å². The Morgan fingerprint density at radius 3 is 2.51 bits per heavy atom. The molecule has 2 atom stereocenters. The van der Waals surface area contributed by atoms with Gasteiger partial charge in [0.2, 0.25) is 0 Å². The second-order valence-corrected chi connectivity index (χ2v) is 18.9. The van der Waals surface area contributed by atoms with Crippen LogP contribution in [0.25, 0.3) is 21.3 Å². The minimum atomic E-state index is -1.10. The van der Waals surface area contributed by atoms with Gasteiger partial charge in [-0.05, 0) is 110 Å². The monoisotopic (exact) mass is 789 g/mol. The Labute approximate surface area is 336 Å². The van der Waals surface area contributed by atoms with Crippen LogP contribution in [0.4, 0.5) is 10.9 Å². The van der Waals surface area contributed by atoms with Crippen molar-refractivity contribution in [3.05, 3.63) is 88.9 Å². The number of amides is 1. The normalized spacial score (nSPS) is 26.2. The number of carbonyl (C=O) groups is 2. The summed E-state index contributed by atoms with van der Waals surface area (Å²) in [7, 11) is 0. The van der Waals surface area contributed by atoms with Crippen LogP contribution in [0.3, 0.4) is 0 Å². The lowest BCUT2D eigenvalue weighted by atomic mass is 9.39. The third-order valence-corrected chi connectivity index (χ3v) is 13.9. The molecule has 0 spiro atoms. The van der Waals surface area contributed by atoms with Gasteiger partial charge in [0.15, 0.2) is 10.8 Å². The number of ether oxygens (including phenoxy) is 1. The van der Waals surface area contributed by atoms with Gasteiger partial charge in [-0.1, -0.05) is 49.4 Å². The number of carboxylic acid groups (broad SMARTS) is 1. The second kappa shape index (κ2) is 14.3. The van der Waals surface area contributed by atoms with Crippen molar-refractivity contribution in [2.45, 2.75) is 84.4 Å². The number of aliphatic hydroxyl groups is 1. The number of anilines is 2. The number of aliphatic hydroxyl groups excluding tert-OH is 1. The first-order chi connectivity index (χ1) is 27.4. The van der Waals surface area contributed by atoms with Crippen molar-refractivity contribution in [3.8, 4) is 11.1 Å². The lowest BCUT2D eigenvalue weighted by Gasteiger charge is -2.69. The predicted molar refractivity (Wildman–Crippen MR) is 221 cm³/mol. The number of nitrogens with zero attached hydrogens (tertiary/aromatic N) is 5. The summed E-state index contributed by atoms with van der Waals surface area (Å²) in [5.41, 5.74) is 5.88. The van der Waals surface area contributed by atoms with Gasteiger partial charge < -0.3 is 25.2 Å². The number of rotatable bonds is 13. The highest BCUT2D eigenvalue weighted by Gasteiger charge is 2.66. The largest absolute Gasteiger partial charge is 0.476 e. The van der Waals surface area contributed by atoms with Gasteiger partial charge in [-0.15, -0.1) is 0 Å². The average Bonchev–Trinajstić information content (AvgIpc) is 3.74. The number of carboxylic acids is 1. The maximum absolute atomic E-state index is 13.6. The van der Waals surface area contributed by atoms with E-state index in [2.05, 4.69) is 45.1 Å². The van der Waals surface area contributed by atoms with Gasteiger partial charge >= 0.3 is 5.97 Å². The summed E-state index contributed by atoms with van der Waals surface area (Å²) < 4.78 is 9.89. The zero-order valence-corrected chi connectivity index (χ0v) is 33.8. The molecule has 2 unspecified atom stereocenters. The van der Waals surface area contributed by atoms with E-state index in [1.165, 1.54) is 17.8 Å². The minimum absolute atomic E-state index is 0.0141. The molecular weight excluding hydrogens is 739 g/mol. The molecule has 2 aromatic carbocycles. The lowest BCUT2D eigenvalue weighted by molar-refractivity contribution is -0.247. The zero-order chi connectivity index (χ0) is 39.6. The topological polar surface area (TPSA) is 155 Å². The number of hydrogen-bond donors (Lipinski definition) is 4. The third-order valence-electron chi connectivity index (χ3n) is 12.9. The standard InChI is InChI=1S/C44H51N7O5S/c1-28-32(19-46-51(28)27-43-22-41(2)21-42(3,23-43)25-44(24-41,26-43)56-18-15-45-14-17-52)30-11-12-36(48-37(30)39(54)55)50-16-13-29-7-6-8-31(33(29)20-50)38(53)49-40-47-34-9-4-5-10-35(34)57-40/h4-12,19,45,52H,13-18,20-27H2,1-3H3,(H,54,55)(H,47,49,53). The van der Waals surface area contributed by atoms with Crippen molar-refractivity contribution in [3.63, 3.8) is 0 Å². The minimum Gasteiger partial charge on any atom is -0.476 e. The van der Waals surface area contributed by atoms with Gasteiger partial charge in [-0.2, -0.15) is 5.10 Å². The molecule has 4 fully saturated rings. The Hall–Kier alpha value is -4.69. The maximum atomic E-state index is 13.6. The van der Waals surface area contributed by atoms with Crippen LogP contribution in [0.1, 0.15) is 90.0 Å². The zero-order valence-electron chi connectivity index (χ0n) is 32.9. The maximum Gasteiger partial charge on any atom is 0.355 e. The first-order valence-electron chi connectivity index (χ1n) is 20.1. The number of pyridine rings is 1. The van der Waals surface area contributed by atoms with Crippen LogP contribution >= 0.6 is 11.3 Å². The molecule has 0 radical (unpaired) electrons. The number of aromatic nitrogens is 4. The van der Waals surface area contributed by atoms with E-state index in [0.717, 1.165) is 77.8 Å². The number of thiazole rings is 1. The summed E-state index contributed by atoms with van der Waals surface area (Å²) in [6, 6.07) is 17.4. The molecular formula is C44H51N7O5S. The highest BCUT2D eigenvalue weighted by atomic mass is 32.1. The van der Waals surface area contributed by atoms with Crippen molar-refractivity contribution in [1.82, 2.24) is 25.1 Å². The van der Waals surface area contributed by atoms with Crippen LogP contribution in [0.2, 0.25) is 0 Å².